The van der Waals surface area contributed by atoms with E-state index >= 15 is 0 Å². The van der Waals surface area contributed by atoms with Crippen LogP contribution in [0.1, 0.15) is 35.8 Å². The molecule has 166 valence electrons. The van der Waals surface area contributed by atoms with Crippen LogP contribution in [0.15, 0.2) is 34.7 Å². The summed E-state index contributed by atoms with van der Waals surface area (Å²) in [6, 6.07) is 5.69. The minimum atomic E-state index is -1.13. The molecule has 2 heterocycles. The van der Waals surface area contributed by atoms with Crippen molar-refractivity contribution >= 4 is 34.6 Å². The van der Waals surface area contributed by atoms with Crippen LogP contribution in [0.2, 0.25) is 5.02 Å². The van der Waals surface area contributed by atoms with Gasteiger partial charge in [0.15, 0.2) is 5.58 Å². The first kappa shape index (κ1) is 20.7. The van der Waals surface area contributed by atoms with Crippen LogP contribution in [0.3, 0.4) is 0 Å². The van der Waals surface area contributed by atoms with Gasteiger partial charge in [-0.2, -0.15) is 0 Å². The number of hydrogen-bond donors (Lipinski definition) is 3. The molecule has 0 spiro atoms. The number of hydrogen-bond acceptors (Lipinski definition) is 4. The smallest absolute Gasteiger partial charge is 0.316 e. The molecule has 32 heavy (non-hydrogen) atoms. The maximum absolute atomic E-state index is 14.5. The van der Waals surface area contributed by atoms with Gasteiger partial charge in [-0.15, -0.1) is 0 Å². The predicted molar refractivity (Wildman–Crippen MR) is 112 cm³/mol. The number of carbonyl (C=O) groups is 2. The molecule has 1 saturated heterocycles. The molecular formula is C22H19ClF2N4O3. The summed E-state index contributed by atoms with van der Waals surface area (Å²) in [6.45, 7) is 1.59. The molecule has 1 aliphatic carbocycles. The van der Waals surface area contributed by atoms with E-state index in [-0.39, 0.29) is 12.1 Å². The molecule has 1 saturated carbocycles. The van der Waals surface area contributed by atoms with Gasteiger partial charge in [0.1, 0.15) is 28.7 Å². The third-order valence-corrected chi connectivity index (χ3v) is 6.16. The molecule has 3 aromatic rings. The van der Waals surface area contributed by atoms with Crippen molar-refractivity contribution in [1.29, 1.82) is 0 Å². The summed E-state index contributed by atoms with van der Waals surface area (Å²) in [7, 11) is 0. The molecule has 5 rings (SSSR count). The Morgan fingerprint density at radius 3 is 2.66 bits per heavy atom. The number of carbonyl (C=O) groups excluding carboxylic acids is 2. The first-order valence-electron chi connectivity index (χ1n) is 10.1. The molecule has 2 aliphatic rings. The third kappa shape index (κ3) is 3.56. The molecule has 3 N–H and O–H groups in total. The van der Waals surface area contributed by atoms with Crippen molar-refractivity contribution in [3.63, 3.8) is 0 Å². The molecular weight excluding hydrogens is 442 g/mol. The minimum absolute atomic E-state index is 0.0116. The van der Waals surface area contributed by atoms with Crippen LogP contribution in [0.5, 0.6) is 0 Å². The van der Waals surface area contributed by atoms with Gasteiger partial charge < -0.3 is 20.4 Å². The van der Waals surface area contributed by atoms with Crippen LogP contribution in [-0.2, 0) is 10.3 Å². The van der Waals surface area contributed by atoms with Gasteiger partial charge in [0.05, 0.1) is 0 Å². The SMILES string of the molecule is Cc1cc(F)c([C@@H]2CNC(=O)[C@H]2NC(=O)NC2(c3nc4ccc(Cl)cc4o3)CC2)c(F)c1. The number of rotatable bonds is 4. The first-order valence-corrected chi connectivity index (χ1v) is 10.5. The summed E-state index contributed by atoms with van der Waals surface area (Å²) in [6.07, 6.45) is 1.20. The van der Waals surface area contributed by atoms with E-state index in [9.17, 15) is 18.4 Å². The van der Waals surface area contributed by atoms with Crippen molar-refractivity contribution in [1.82, 2.24) is 20.9 Å². The largest absolute Gasteiger partial charge is 0.438 e. The number of aryl methyl sites for hydroxylation is 1. The molecule has 3 amide bonds. The average Bonchev–Trinajstić information content (AvgIpc) is 3.23. The van der Waals surface area contributed by atoms with Crippen molar-refractivity contribution in [2.75, 3.05) is 6.54 Å². The fourth-order valence-electron chi connectivity index (χ4n) is 4.14. The predicted octanol–water partition coefficient (Wildman–Crippen LogP) is 3.64. The number of nitrogens with one attached hydrogen (secondary N) is 3. The van der Waals surface area contributed by atoms with E-state index in [1.54, 1.807) is 25.1 Å². The lowest BCUT2D eigenvalue weighted by Gasteiger charge is -2.22. The summed E-state index contributed by atoms with van der Waals surface area (Å²) in [5.74, 6) is -2.55. The van der Waals surface area contributed by atoms with Crippen molar-refractivity contribution in [3.8, 4) is 0 Å². The minimum Gasteiger partial charge on any atom is -0.438 e. The maximum atomic E-state index is 14.5. The quantitative estimate of drug-likeness (QED) is 0.554. The van der Waals surface area contributed by atoms with Gasteiger partial charge in [-0.05, 0) is 49.6 Å². The maximum Gasteiger partial charge on any atom is 0.316 e. The number of urea groups is 1. The van der Waals surface area contributed by atoms with E-state index in [0.717, 1.165) is 0 Å². The van der Waals surface area contributed by atoms with Gasteiger partial charge in [-0.3, -0.25) is 4.79 Å². The highest BCUT2D eigenvalue weighted by atomic mass is 35.5. The second-order valence-corrected chi connectivity index (χ2v) is 8.72. The Bertz CT molecular complexity index is 1230. The molecule has 1 aliphatic heterocycles. The van der Waals surface area contributed by atoms with E-state index in [2.05, 4.69) is 20.9 Å². The van der Waals surface area contributed by atoms with Gasteiger partial charge in [0, 0.05) is 29.1 Å². The summed E-state index contributed by atoms with van der Waals surface area (Å²) in [4.78, 5) is 29.5. The highest BCUT2D eigenvalue weighted by Gasteiger charge is 2.51. The molecule has 1 aromatic heterocycles. The second-order valence-electron chi connectivity index (χ2n) is 8.28. The normalized spacial score (nSPS) is 21.4. The topological polar surface area (TPSA) is 96.3 Å². The fourth-order valence-corrected chi connectivity index (χ4v) is 4.30. The number of benzene rings is 2. The number of aromatic nitrogens is 1. The Kier molecular flexibility index (Phi) is 4.81. The van der Waals surface area contributed by atoms with Crippen molar-refractivity contribution < 1.29 is 22.8 Å². The molecule has 2 aromatic carbocycles. The lowest BCUT2D eigenvalue weighted by Crippen LogP contribution is -2.50. The Morgan fingerprint density at radius 2 is 1.97 bits per heavy atom. The van der Waals surface area contributed by atoms with Crippen LogP contribution in [-0.4, -0.2) is 29.5 Å². The van der Waals surface area contributed by atoms with Gasteiger partial charge in [0.2, 0.25) is 11.8 Å². The van der Waals surface area contributed by atoms with Crippen molar-refractivity contribution in [3.05, 3.63) is 64.0 Å². The van der Waals surface area contributed by atoms with Crippen LogP contribution >= 0.6 is 11.6 Å². The van der Waals surface area contributed by atoms with Crippen LogP contribution in [0.4, 0.5) is 13.6 Å². The fraction of sp³-hybridized carbons (Fsp3) is 0.318. The Balaban J connectivity index is 1.35. The lowest BCUT2D eigenvalue weighted by molar-refractivity contribution is -0.120. The van der Waals surface area contributed by atoms with E-state index in [1.807, 2.05) is 0 Å². The van der Waals surface area contributed by atoms with E-state index in [1.165, 1.54) is 12.1 Å². The summed E-state index contributed by atoms with van der Waals surface area (Å²) >= 11 is 5.99. The van der Waals surface area contributed by atoms with Crippen molar-refractivity contribution in [2.45, 2.75) is 37.3 Å². The summed E-state index contributed by atoms with van der Waals surface area (Å²) < 4.78 is 34.8. The average molecular weight is 461 g/mol. The van der Waals surface area contributed by atoms with E-state index in [0.29, 0.717) is 40.4 Å². The molecule has 7 nitrogen and oxygen atoms in total. The van der Waals surface area contributed by atoms with Gasteiger partial charge in [-0.25, -0.2) is 18.6 Å². The molecule has 10 heteroatoms. The number of amides is 3. The standard InChI is InChI=1S/C22H19ClF2N4O3/c1-10-6-13(24)17(14(25)7-10)12-9-26-19(30)18(12)28-21(31)29-22(4-5-22)20-27-15-3-2-11(23)8-16(15)32-20/h2-3,6-8,12,18H,4-5,9H2,1H3,(H,26,30)(H2,28,29,31)/t12-,18-/m0/s1. The second kappa shape index (κ2) is 7.44. The monoisotopic (exact) mass is 460 g/mol. The van der Waals surface area contributed by atoms with Gasteiger partial charge in [0.25, 0.3) is 0 Å². The summed E-state index contributed by atoms with van der Waals surface area (Å²) in [5.41, 5.74) is 0.510. The van der Waals surface area contributed by atoms with Gasteiger partial charge >= 0.3 is 6.03 Å². The third-order valence-electron chi connectivity index (χ3n) is 5.92. The zero-order valence-electron chi connectivity index (χ0n) is 17.0. The molecule has 0 unspecified atom stereocenters. The van der Waals surface area contributed by atoms with E-state index in [4.69, 9.17) is 16.0 Å². The van der Waals surface area contributed by atoms with Gasteiger partial charge in [-0.1, -0.05) is 11.6 Å². The zero-order chi connectivity index (χ0) is 22.6. The molecule has 2 atom stereocenters. The first-order chi connectivity index (χ1) is 15.3. The highest BCUT2D eigenvalue weighted by molar-refractivity contribution is 6.31. The highest BCUT2D eigenvalue weighted by Crippen LogP contribution is 2.46. The van der Waals surface area contributed by atoms with Crippen LogP contribution < -0.4 is 16.0 Å². The zero-order valence-corrected chi connectivity index (χ0v) is 17.7. The van der Waals surface area contributed by atoms with Crippen molar-refractivity contribution in [2.24, 2.45) is 0 Å². The molecule has 0 bridgehead atoms. The molecule has 0 radical (unpaired) electrons. The number of fused-ring (bicyclic) bond motifs is 1. The number of oxazole rings is 1. The summed E-state index contributed by atoms with van der Waals surface area (Å²) in [5, 5.41) is 8.45. The Hall–Kier alpha value is -3.20. The Morgan fingerprint density at radius 1 is 1.25 bits per heavy atom. The van der Waals surface area contributed by atoms with E-state index < -0.39 is 41.1 Å². The lowest BCUT2D eigenvalue weighted by atomic mass is 9.92. The number of nitrogens with zero attached hydrogens (tertiary/aromatic N) is 1. The Labute approximate surface area is 186 Å². The van der Waals surface area contributed by atoms with Crippen LogP contribution in [0.25, 0.3) is 11.1 Å². The van der Waals surface area contributed by atoms with Crippen LogP contribution in [0, 0.1) is 18.6 Å². The number of halogens is 3. The molecule has 2 fully saturated rings.